The van der Waals surface area contributed by atoms with Gasteiger partial charge in [-0.05, 0) is 24.5 Å². The van der Waals surface area contributed by atoms with Crippen molar-refractivity contribution in [3.63, 3.8) is 0 Å². The first-order chi connectivity index (χ1) is 9.08. The quantitative estimate of drug-likeness (QED) is 0.870. The number of hydrogen-bond acceptors (Lipinski definition) is 3. The molecule has 0 radical (unpaired) electrons. The Morgan fingerprint density at radius 3 is 2.84 bits per heavy atom. The number of hydrogen-bond donors (Lipinski definition) is 2. The minimum absolute atomic E-state index is 0.0862. The van der Waals surface area contributed by atoms with Crippen LogP contribution in [0.4, 0.5) is 0 Å². The van der Waals surface area contributed by atoms with Gasteiger partial charge in [-0.1, -0.05) is 32.0 Å². The van der Waals surface area contributed by atoms with E-state index in [0.717, 1.165) is 12.3 Å². The summed E-state index contributed by atoms with van der Waals surface area (Å²) in [5, 5.41) is 6.40. The highest BCUT2D eigenvalue weighted by molar-refractivity contribution is 7.99. The van der Waals surface area contributed by atoms with Gasteiger partial charge in [-0.25, -0.2) is 0 Å². The molecule has 2 atom stereocenters. The van der Waals surface area contributed by atoms with Crippen LogP contribution in [0.3, 0.4) is 0 Å². The highest BCUT2D eigenvalue weighted by atomic mass is 32.2. The van der Waals surface area contributed by atoms with Crippen LogP contribution in [0.15, 0.2) is 29.2 Å². The third-order valence-corrected chi connectivity index (χ3v) is 4.41. The van der Waals surface area contributed by atoms with Crippen LogP contribution in [0, 0.1) is 5.92 Å². The molecule has 2 N–H and O–H groups in total. The van der Waals surface area contributed by atoms with Crippen LogP contribution >= 0.6 is 11.8 Å². The van der Waals surface area contributed by atoms with Gasteiger partial charge in [0.05, 0.1) is 6.04 Å². The van der Waals surface area contributed by atoms with E-state index in [0.29, 0.717) is 5.92 Å². The Labute approximate surface area is 119 Å². The van der Waals surface area contributed by atoms with Crippen LogP contribution in [0.5, 0.6) is 0 Å². The Hall–Kier alpha value is -1.00. The van der Waals surface area contributed by atoms with E-state index in [1.807, 2.05) is 18.7 Å². The second-order valence-corrected chi connectivity index (χ2v) is 6.49. The maximum Gasteiger partial charge on any atom is 0.236 e. The average Bonchev–Trinajstić information content (AvgIpc) is 2.79. The molecule has 1 aromatic carbocycles. The molecule has 0 saturated heterocycles. The van der Waals surface area contributed by atoms with Gasteiger partial charge in [0.1, 0.15) is 0 Å². The number of amides is 1. The van der Waals surface area contributed by atoms with E-state index in [4.69, 9.17) is 0 Å². The zero-order valence-corrected chi connectivity index (χ0v) is 12.6. The molecule has 1 heterocycles. The van der Waals surface area contributed by atoms with Crippen molar-refractivity contribution in [2.24, 2.45) is 5.92 Å². The van der Waals surface area contributed by atoms with Crippen molar-refractivity contribution in [2.45, 2.75) is 37.8 Å². The molecule has 19 heavy (non-hydrogen) atoms. The first-order valence-electron chi connectivity index (χ1n) is 6.83. The van der Waals surface area contributed by atoms with Crippen LogP contribution in [0.25, 0.3) is 0 Å². The lowest BCUT2D eigenvalue weighted by molar-refractivity contribution is -0.123. The molecule has 4 heteroatoms. The monoisotopic (exact) mass is 278 g/mol. The second-order valence-electron chi connectivity index (χ2n) is 5.43. The molecular formula is C15H22N2OS. The third kappa shape index (κ3) is 3.74. The van der Waals surface area contributed by atoms with Gasteiger partial charge >= 0.3 is 0 Å². The van der Waals surface area contributed by atoms with Crippen molar-refractivity contribution in [3.05, 3.63) is 29.8 Å². The van der Waals surface area contributed by atoms with E-state index in [2.05, 4.69) is 48.7 Å². The van der Waals surface area contributed by atoms with Gasteiger partial charge in [-0.3, -0.25) is 10.1 Å². The Morgan fingerprint density at radius 1 is 1.37 bits per heavy atom. The molecule has 2 unspecified atom stereocenters. The Kier molecular flexibility index (Phi) is 4.88. The average molecular weight is 278 g/mol. The molecule has 0 fully saturated rings. The number of carbonyl (C=O) groups is 1. The summed E-state index contributed by atoms with van der Waals surface area (Å²) >= 11 is 1.85. The van der Waals surface area contributed by atoms with Crippen molar-refractivity contribution < 1.29 is 4.79 Å². The van der Waals surface area contributed by atoms with Gasteiger partial charge in [0.15, 0.2) is 0 Å². The lowest BCUT2D eigenvalue weighted by Crippen LogP contribution is -2.44. The van der Waals surface area contributed by atoms with E-state index in [1.54, 1.807) is 0 Å². The lowest BCUT2D eigenvalue weighted by atomic mass is 10.1. The zero-order valence-electron chi connectivity index (χ0n) is 11.8. The van der Waals surface area contributed by atoms with Gasteiger partial charge in [-0.2, -0.15) is 0 Å². The maximum absolute atomic E-state index is 12.0. The summed E-state index contributed by atoms with van der Waals surface area (Å²) in [7, 11) is 0. The van der Waals surface area contributed by atoms with E-state index < -0.39 is 0 Å². The third-order valence-electron chi connectivity index (χ3n) is 3.23. The molecule has 104 valence electrons. The lowest BCUT2D eigenvalue weighted by Gasteiger charge is -2.20. The molecule has 1 aliphatic heterocycles. The van der Waals surface area contributed by atoms with Crippen molar-refractivity contribution in [2.75, 3.05) is 12.3 Å². The molecule has 1 aromatic rings. The first kappa shape index (κ1) is 14.4. The van der Waals surface area contributed by atoms with Gasteiger partial charge in [0, 0.05) is 23.2 Å². The summed E-state index contributed by atoms with van der Waals surface area (Å²) in [4.78, 5) is 13.3. The van der Waals surface area contributed by atoms with Crippen molar-refractivity contribution in [1.82, 2.24) is 10.6 Å². The molecule has 1 amide bonds. The zero-order chi connectivity index (χ0) is 13.8. The minimum Gasteiger partial charge on any atom is -0.354 e. The molecular weight excluding hydrogens is 256 g/mol. The SMILES string of the molecule is CC(C)CNC(=O)C(C)NC1CSc2ccccc21. The smallest absolute Gasteiger partial charge is 0.236 e. The molecule has 3 nitrogen and oxygen atoms in total. The number of nitrogens with one attached hydrogen (secondary N) is 2. The Balaban J connectivity index is 1.90. The van der Waals surface area contributed by atoms with Crippen molar-refractivity contribution in [1.29, 1.82) is 0 Å². The predicted octanol–water partition coefficient (Wildman–Crippen LogP) is 2.58. The first-order valence-corrected chi connectivity index (χ1v) is 7.82. The normalized spacial score (nSPS) is 19.3. The standard InChI is InChI=1S/C15H22N2OS/c1-10(2)8-16-15(18)11(3)17-13-9-19-14-7-5-4-6-12(13)14/h4-7,10-11,13,17H,8-9H2,1-3H3,(H,16,18). The molecule has 1 aliphatic rings. The van der Waals surface area contributed by atoms with E-state index in [-0.39, 0.29) is 18.0 Å². The van der Waals surface area contributed by atoms with Crippen molar-refractivity contribution in [3.8, 4) is 0 Å². The summed E-state index contributed by atoms with van der Waals surface area (Å²) in [5.74, 6) is 1.57. The minimum atomic E-state index is -0.157. The highest BCUT2D eigenvalue weighted by Crippen LogP contribution is 2.37. The Morgan fingerprint density at radius 2 is 2.11 bits per heavy atom. The molecule has 0 aliphatic carbocycles. The van der Waals surface area contributed by atoms with E-state index in [9.17, 15) is 4.79 Å². The van der Waals surface area contributed by atoms with Crippen LogP contribution in [-0.4, -0.2) is 24.2 Å². The fourth-order valence-corrected chi connectivity index (χ4v) is 3.31. The summed E-state index contributed by atoms with van der Waals surface area (Å²) in [6.45, 7) is 6.87. The topological polar surface area (TPSA) is 41.1 Å². The van der Waals surface area contributed by atoms with Gasteiger partial charge in [0.25, 0.3) is 0 Å². The number of fused-ring (bicyclic) bond motifs is 1. The van der Waals surface area contributed by atoms with Crippen LogP contribution < -0.4 is 10.6 Å². The molecule has 0 bridgehead atoms. The van der Waals surface area contributed by atoms with Gasteiger partial charge in [-0.15, -0.1) is 11.8 Å². The van der Waals surface area contributed by atoms with E-state index >= 15 is 0 Å². The van der Waals surface area contributed by atoms with Crippen LogP contribution in [-0.2, 0) is 4.79 Å². The fraction of sp³-hybridized carbons (Fsp3) is 0.533. The molecule has 2 rings (SSSR count). The number of carbonyl (C=O) groups excluding carboxylic acids is 1. The predicted molar refractivity (Wildman–Crippen MR) is 80.4 cm³/mol. The van der Waals surface area contributed by atoms with Gasteiger partial charge < -0.3 is 5.32 Å². The molecule has 0 aromatic heterocycles. The van der Waals surface area contributed by atoms with Crippen LogP contribution in [0.1, 0.15) is 32.4 Å². The largest absolute Gasteiger partial charge is 0.354 e. The number of thioether (sulfide) groups is 1. The summed E-state index contributed by atoms with van der Waals surface area (Å²) in [6, 6.07) is 8.53. The summed E-state index contributed by atoms with van der Waals surface area (Å²) in [5.41, 5.74) is 1.32. The maximum atomic E-state index is 12.0. The van der Waals surface area contributed by atoms with Gasteiger partial charge in [0.2, 0.25) is 5.91 Å². The summed E-state index contributed by atoms with van der Waals surface area (Å²) in [6.07, 6.45) is 0. The fourth-order valence-electron chi connectivity index (χ4n) is 2.14. The second kappa shape index (κ2) is 6.44. The summed E-state index contributed by atoms with van der Waals surface area (Å²) < 4.78 is 0. The number of benzene rings is 1. The molecule has 0 saturated carbocycles. The molecule has 0 spiro atoms. The number of rotatable bonds is 5. The van der Waals surface area contributed by atoms with E-state index in [1.165, 1.54) is 10.5 Å². The highest BCUT2D eigenvalue weighted by Gasteiger charge is 2.25. The Bertz CT molecular complexity index is 448. The van der Waals surface area contributed by atoms with Crippen LogP contribution in [0.2, 0.25) is 0 Å². The van der Waals surface area contributed by atoms with Crippen molar-refractivity contribution >= 4 is 17.7 Å².